The highest BCUT2D eigenvalue weighted by molar-refractivity contribution is 7.81. The number of hydrogen-bond acceptors (Lipinski definition) is 13. The highest BCUT2D eigenvalue weighted by Gasteiger charge is 2.51. The van der Waals surface area contributed by atoms with Crippen LogP contribution < -0.4 is 25.2 Å². The number of anilines is 2. The SMILES string of the molecule is Cc1ncsc1-c1ccc(CNC(=O)[C@@H]2C[C@@H](O)CN2C(=O)[C@@H](NC(=O)COCCOCCCOCCOc2ccc(N3C(=S)N(c4ccc(C#N)c(C(F)(F)F)c4)C(=O)C3(C)C)cc2)C(C)(C)C)cc1. The number of nitrogens with one attached hydrogen (secondary N) is 2. The van der Waals surface area contributed by atoms with Gasteiger partial charge in [-0.2, -0.15) is 18.4 Å². The number of rotatable bonds is 21. The number of aromatic nitrogens is 1. The molecular weight excluding hydrogens is 964 g/mol. The van der Waals surface area contributed by atoms with E-state index in [2.05, 4.69) is 15.6 Å². The predicted octanol–water partition coefficient (Wildman–Crippen LogP) is 6.55. The molecular formula is C50H58F3N7O9S2. The number of thiazole rings is 1. The number of nitrogens with zero attached hydrogens (tertiary/aromatic N) is 5. The van der Waals surface area contributed by atoms with E-state index in [0.717, 1.165) is 38.7 Å². The molecule has 6 rings (SSSR count). The predicted molar refractivity (Wildman–Crippen MR) is 263 cm³/mol. The monoisotopic (exact) mass is 1020 g/mol. The van der Waals surface area contributed by atoms with E-state index in [1.165, 1.54) is 17.0 Å². The van der Waals surface area contributed by atoms with Gasteiger partial charge in [0.25, 0.3) is 5.91 Å². The molecule has 2 fully saturated rings. The summed E-state index contributed by atoms with van der Waals surface area (Å²) in [5.41, 5.74) is 1.39. The number of aliphatic hydroxyl groups excluding tert-OH is 1. The Morgan fingerprint density at radius 1 is 0.958 bits per heavy atom. The number of ether oxygens (including phenoxy) is 4. The number of aliphatic hydroxyl groups is 1. The zero-order valence-electron chi connectivity index (χ0n) is 40.3. The van der Waals surface area contributed by atoms with Gasteiger partial charge in [-0.15, -0.1) is 11.3 Å². The fraction of sp³-hybridized carbons (Fsp3) is 0.460. The van der Waals surface area contributed by atoms with Gasteiger partial charge in [0.2, 0.25) is 17.7 Å². The number of thiocarbonyl (C=S) groups is 1. The van der Waals surface area contributed by atoms with Crippen LogP contribution in [0.5, 0.6) is 5.75 Å². The topological polar surface area (TPSA) is 196 Å². The first-order valence-corrected chi connectivity index (χ1v) is 24.2. The molecule has 1 aromatic heterocycles. The Morgan fingerprint density at radius 3 is 2.23 bits per heavy atom. The van der Waals surface area contributed by atoms with Crippen LogP contribution in [0.25, 0.3) is 10.4 Å². The van der Waals surface area contributed by atoms with Gasteiger partial charge in [-0.25, -0.2) is 4.98 Å². The minimum absolute atomic E-state index is 0.0177. The Labute approximate surface area is 420 Å². The summed E-state index contributed by atoms with van der Waals surface area (Å²) in [5, 5.41) is 25.4. The zero-order valence-corrected chi connectivity index (χ0v) is 42.0. The molecule has 3 heterocycles. The first-order valence-electron chi connectivity index (χ1n) is 22.9. The molecule has 0 unspecified atom stereocenters. The fourth-order valence-electron chi connectivity index (χ4n) is 8.10. The van der Waals surface area contributed by atoms with Crippen LogP contribution in [0, 0.1) is 23.7 Å². The average molecular weight is 1020 g/mol. The molecule has 0 bridgehead atoms. The molecule has 0 aliphatic carbocycles. The van der Waals surface area contributed by atoms with Crippen LogP contribution in [0.3, 0.4) is 0 Å². The van der Waals surface area contributed by atoms with Gasteiger partial charge < -0.3 is 44.5 Å². The largest absolute Gasteiger partial charge is 0.491 e. The van der Waals surface area contributed by atoms with Crippen molar-refractivity contribution in [3.8, 4) is 22.3 Å². The number of nitriles is 1. The van der Waals surface area contributed by atoms with E-state index in [9.17, 15) is 42.7 Å². The number of likely N-dealkylation sites (tertiary alicyclic amines) is 1. The van der Waals surface area contributed by atoms with E-state index in [4.69, 9.17) is 31.2 Å². The van der Waals surface area contributed by atoms with Crippen LogP contribution in [0.1, 0.15) is 69.8 Å². The summed E-state index contributed by atoms with van der Waals surface area (Å²) in [5.74, 6) is -1.40. The van der Waals surface area contributed by atoms with Crippen molar-refractivity contribution in [3.63, 3.8) is 0 Å². The zero-order chi connectivity index (χ0) is 51.7. The van der Waals surface area contributed by atoms with E-state index in [1.54, 1.807) is 80.6 Å². The lowest BCUT2D eigenvalue weighted by atomic mass is 9.85. The second-order valence-electron chi connectivity index (χ2n) is 18.6. The Morgan fingerprint density at radius 2 is 1.61 bits per heavy atom. The van der Waals surface area contributed by atoms with Gasteiger partial charge in [-0.3, -0.25) is 24.1 Å². The summed E-state index contributed by atoms with van der Waals surface area (Å²) in [7, 11) is 0. The Hall–Kier alpha value is -6.02. The van der Waals surface area contributed by atoms with Crippen LogP contribution >= 0.6 is 23.6 Å². The van der Waals surface area contributed by atoms with E-state index >= 15 is 0 Å². The van der Waals surface area contributed by atoms with Crippen LogP contribution in [-0.4, -0.2) is 120 Å². The minimum Gasteiger partial charge on any atom is -0.491 e. The van der Waals surface area contributed by atoms with Crippen molar-refractivity contribution in [1.82, 2.24) is 20.5 Å². The van der Waals surface area contributed by atoms with Gasteiger partial charge in [0, 0.05) is 38.4 Å². The molecule has 380 valence electrons. The molecule has 3 aromatic carbocycles. The molecule has 21 heteroatoms. The Balaban J connectivity index is 0.851. The van der Waals surface area contributed by atoms with Crippen LogP contribution in [0.4, 0.5) is 24.5 Å². The molecule has 2 aliphatic heterocycles. The summed E-state index contributed by atoms with van der Waals surface area (Å²) in [6.07, 6.45) is -5.05. The normalized spacial score (nSPS) is 17.3. The second kappa shape index (κ2) is 23.5. The smallest absolute Gasteiger partial charge is 0.417 e. The van der Waals surface area contributed by atoms with Crippen molar-refractivity contribution in [2.75, 3.05) is 62.6 Å². The van der Waals surface area contributed by atoms with E-state index in [1.807, 2.05) is 31.2 Å². The number of β-amino-alcohol motifs (C(OH)–C–C–N with tert-alkyl or cyclic N) is 1. The molecule has 3 atom stereocenters. The third-order valence-corrected chi connectivity index (χ3v) is 13.2. The summed E-state index contributed by atoms with van der Waals surface area (Å²) < 4.78 is 63.7. The molecule has 4 aromatic rings. The molecule has 0 spiro atoms. The number of carbonyl (C=O) groups is 4. The average Bonchev–Trinajstić information content (AvgIpc) is 3.99. The standard InChI is InChI=1S/C50H58F3N7O9S2/c1-31-42(71-30-56-31)33-10-8-32(9-11-33)27-55-44(63)40-25-37(61)28-58(40)45(64)43(48(2,3)4)57-41(62)29-68-21-20-66-18-7-19-67-22-23-69-38-16-14-35(15-17-38)60-47(70)59(46(65)49(60,5)6)36-13-12-34(26-54)39(24-36)50(51,52)53/h8-17,24,30,37,40,43,61H,7,18-23,25,27-29H2,1-6H3,(H,55,63)(H,57,62)/t37-,40+,43-/m1/s1. The van der Waals surface area contributed by atoms with Crippen molar-refractivity contribution in [2.24, 2.45) is 5.41 Å². The lowest BCUT2D eigenvalue weighted by Gasteiger charge is -2.35. The van der Waals surface area contributed by atoms with Crippen LogP contribution in [0.2, 0.25) is 0 Å². The maximum absolute atomic E-state index is 13.9. The maximum Gasteiger partial charge on any atom is 0.417 e. The second-order valence-corrected chi connectivity index (χ2v) is 19.8. The van der Waals surface area contributed by atoms with Gasteiger partial charge in [0.1, 0.15) is 36.6 Å². The fourth-order valence-corrected chi connectivity index (χ4v) is 9.44. The molecule has 2 saturated heterocycles. The Bertz CT molecular complexity index is 2580. The molecule has 16 nitrogen and oxygen atoms in total. The summed E-state index contributed by atoms with van der Waals surface area (Å²) >= 11 is 7.17. The maximum atomic E-state index is 13.9. The van der Waals surface area contributed by atoms with Crippen molar-refractivity contribution >= 4 is 63.7 Å². The third-order valence-electron chi connectivity index (χ3n) is 11.8. The van der Waals surface area contributed by atoms with E-state index in [-0.39, 0.29) is 63.3 Å². The number of carbonyl (C=O) groups excluding carboxylic acids is 4. The van der Waals surface area contributed by atoms with E-state index < -0.39 is 70.1 Å². The van der Waals surface area contributed by atoms with Crippen molar-refractivity contribution in [2.45, 2.75) is 90.8 Å². The molecule has 2 aliphatic rings. The summed E-state index contributed by atoms with van der Waals surface area (Å²) in [6.45, 7) is 12.1. The number of alkyl halides is 3. The van der Waals surface area contributed by atoms with E-state index in [0.29, 0.717) is 31.1 Å². The highest BCUT2D eigenvalue weighted by atomic mass is 32.1. The molecule has 0 saturated carbocycles. The van der Waals surface area contributed by atoms with Gasteiger partial charge in [-0.1, -0.05) is 45.0 Å². The summed E-state index contributed by atoms with van der Waals surface area (Å²) in [4.78, 5) is 63.1. The lowest BCUT2D eigenvalue weighted by Crippen LogP contribution is -2.58. The molecule has 71 heavy (non-hydrogen) atoms. The minimum atomic E-state index is -4.81. The third kappa shape index (κ3) is 13.5. The highest BCUT2D eigenvalue weighted by Crippen LogP contribution is 2.40. The van der Waals surface area contributed by atoms with Crippen LogP contribution in [0.15, 0.2) is 72.2 Å². The van der Waals surface area contributed by atoms with Gasteiger partial charge in [0.05, 0.1) is 64.9 Å². The summed E-state index contributed by atoms with van der Waals surface area (Å²) in [6, 6.07) is 17.2. The first-order chi connectivity index (χ1) is 33.6. The van der Waals surface area contributed by atoms with Crippen molar-refractivity contribution in [3.05, 3.63) is 94.6 Å². The Kier molecular flexibility index (Phi) is 18.0. The number of benzene rings is 3. The number of amides is 4. The van der Waals surface area contributed by atoms with Crippen molar-refractivity contribution < 1.29 is 56.4 Å². The number of hydrogen-bond donors (Lipinski definition) is 3. The number of aryl methyl sites for hydroxylation is 1. The van der Waals surface area contributed by atoms with Gasteiger partial charge in [0.15, 0.2) is 5.11 Å². The number of halogens is 3. The molecule has 0 radical (unpaired) electrons. The van der Waals surface area contributed by atoms with Gasteiger partial charge >= 0.3 is 6.18 Å². The molecule has 3 N–H and O–H groups in total. The van der Waals surface area contributed by atoms with Gasteiger partial charge in [-0.05, 0) is 98.4 Å². The van der Waals surface area contributed by atoms with Crippen molar-refractivity contribution in [1.29, 1.82) is 5.26 Å². The first kappa shape index (κ1) is 54.3. The molecule has 4 amide bonds. The lowest BCUT2D eigenvalue weighted by molar-refractivity contribution is -0.144. The quantitative estimate of drug-likeness (QED) is 0.0601. The van der Waals surface area contributed by atoms with Crippen LogP contribution in [-0.2, 0) is 46.1 Å².